The first-order valence-electron chi connectivity index (χ1n) is 6.44. The Labute approximate surface area is 122 Å². The van der Waals surface area contributed by atoms with E-state index < -0.39 is 10.8 Å². The summed E-state index contributed by atoms with van der Waals surface area (Å²) in [5.74, 6) is 1.16. The third kappa shape index (κ3) is 3.68. The average molecular weight is 289 g/mol. The smallest absolute Gasteiger partial charge is 0.119 e. The van der Waals surface area contributed by atoms with Crippen LogP contribution in [0.2, 0.25) is 0 Å². The zero-order chi connectivity index (χ0) is 14.5. The quantitative estimate of drug-likeness (QED) is 0.921. The minimum absolute atomic E-state index is 0.271. The van der Waals surface area contributed by atoms with Crippen LogP contribution in [-0.2, 0) is 10.8 Å². The minimum atomic E-state index is -1.10. The summed E-state index contributed by atoms with van der Waals surface area (Å²) < 4.78 is 17.5. The van der Waals surface area contributed by atoms with Gasteiger partial charge in [-0.15, -0.1) is 0 Å². The van der Waals surface area contributed by atoms with Crippen LogP contribution < -0.4 is 10.5 Å². The molecule has 0 saturated heterocycles. The van der Waals surface area contributed by atoms with Crippen molar-refractivity contribution < 1.29 is 8.95 Å². The molecule has 2 N–H and O–H groups in total. The number of aryl methyl sites for hydroxylation is 1. The fourth-order valence-corrected chi connectivity index (χ4v) is 3.07. The predicted molar refractivity (Wildman–Crippen MR) is 82.4 cm³/mol. The molecular weight excluding hydrogens is 270 g/mol. The normalized spacial score (nSPS) is 13.8. The Balaban J connectivity index is 2.08. The van der Waals surface area contributed by atoms with Crippen molar-refractivity contribution in [2.24, 2.45) is 5.73 Å². The van der Waals surface area contributed by atoms with E-state index in [1.807, 2.05) is 55.5 Å². The molecule has 0 fully saturated rings. The first kappa shape index (κ1) is 14.8. The Morgan fingerprint density at radius 3 is 2.55 bits per heavy atom. The van der Waals surface area contributed by atoms with E-state index in [4.69, 9.17) is 10.5 Å². The molecule has 0 radical (unpaired) electrons. The SMILES string of the molecule is COc1cccc(C(N)CS(=O)c2ccc(C)cc2)c1. The number of hydrogen-bond acceptors (Lipinski definition) is 3. The van der Waals surface area contributed by atoms with Crippen LogP contribution in [0.3, 0.4) is 0 Å². The fraction of sp³-hybridized carbons (Fsp3) is 0.250. The average Bonchev–Trinajstić information content (AvgIpc) is 2.47. The lowest BCUT2D eigenvalue weighted by molar-refractivity contribution is 0.414. The van der Waals surface area contributed by atoms with Crippen LogP contribution in [0.1, 0.15) is 17.2 Å². The number of rotatable bonds is 5. The first-order chi connectivity index (χ1) is 9.60. The lowest BCUT2D eigenvalue weighted by atomic mass is 10.1. The number of benzene rings is 2. The highest BCUT2D eigenvalue weighted by Crippen LogP contribution is 2.20. The Hall–Kier alpha value is -1.65. The summed E-state index contributed by atoms with van der Waals surface area (Å²) in [5, 5.41) is 0. The molecular formula is C16H19NO2S. The summed E-state index contributed by atoms with van der Waals surface area (Å²) >= 11 is 0. The van der Waals surface area contributed by atoms with Gasteiger partial charge >= 0.3 is 0 Å². The van der Waals surface area contributed by atoms with Gasteiger partial charge in [-0.25, -0.2) is 0 Å². The zero-order valence-corrected chi connectivity index (χ0v) is 12.5. The molecule has 0 aliphatic rings. The molecule has 0 aliphatic carbocycles. The van der Waals surface area contributed by atoms with Gasteiger partial charge in [-0.3, -0.25) is 4.21 Å². The second-order valence-corrected chi connectivity index (χ2v) is 6.20. The Bertz CT molecular complexity index is 596. The standard InChI is InChI=1S/C16H19NO2S/c1-12-6-8-15(9-7-12)20(18)11-16(17)13-4-3-5-14(10-13)19-2/h3-10,16H,11,17H2,1-2H3. The van der Waals surface area contributed by atoms with Crippen LogP contribution in [0.4, 0.5) is 0 Å². The molecule has 2 rings (SSSR count). The maximum atomic E-state index is 12.3. The lowest BCUT2D eigenvalue weighted by Crippen LogP contribution is -2.18. The summed E-state index contributed by atoms with van der Waals surface area (Å²) in [4.78, 5) is 0.814. The van der Waals surface area contributed by atoms with Crippen molar-refractivity contribution in [1.29, 1.82) is 0 Å². The van der Waals surface area contributed by atoms with Gasteiger partial charge < -0.3 is 10.5 Å². The largest absolute Gasteiger partial charge is 0.497 e. The number of nitrogens with two attached hydrogens (primary N) is 1. The van der Waals surface area contributed by atoms with Crippen molar-refractivity contribution in [2.45, 2.75) is 17.9 Å². The van der Waals surface area contributed by atoms with Gasteiger partial charge in [-0.1, -0.05) is 29.8 Å². The molecule has 2 atom stereocenters. The van der Waals surface area contributed by atoms with Crippen molar-refractivity contribution in [2.75, 3.05) is 12.9 Å². The van der Waals surface area contributed by atoms with E-state index in [0.29, 0.717) is 5.75 Å². The van der Waals surface area contributed by atoms with Crippen LogP contribution in [0, 0.1) is 6.92 Å². The van der Waals surface area contributed by atoms with E-state index in [1.165, 1.54) is 0 Å². The predicted octanol–water partition coefficient (Wildman–Crippen LogP) is 2.81. The van der Waals surface area contributed by atoms with E-state index in [-0.39, 0.29) is 6.04 Å². The first-order valence-corrected chi connectivity index (χ1v) is 7.76. The van der Waals surface area contributed by atoms with Crippen molar-refractivity contribution in [3.05, 3.63) is 59.7 Å². The van der Waals surface area contributed by atoms with Gasteiger partial charge in [0, 0.05) is 16.7 Å². The van der Waals surface area contributed by atoms with Gasteiger partial charge in [0.2, 0.25) is 0 Å². The zero-order valence-electron chi connectivity index (χ0n) is 11.7. The summed E-state index contributed by atoms with van der Waals surface area (Å²) in [6, 6.07) is 15.0. The van der Waals surface area contributed by atoms with Crippen molar-refractivity contribution in [3.63, 3.8) is 0 Å². The van der Waals surface area contributed by atoms with Crippen LogP contribution >= 0.6 is 0 Å². The highest BCUT2D eigenvalue weighted by Gasteiger charge is 2.12. The van der Waals surface area contributed by atoms with E-state index in [2.05, 4.69) is 0 Å². The van der Waals surface area contributed by atoms with Crippen LogP contribution in [0.15, 0.2) is 53.4 Å². The Morgan fingerprint density at radius 2 is 1.90 bits per heavy atom. The lowest BCUT2D eigenvalue weighted by Gasteiger charge is -2.13. The minimum Gasteiger partial charge on any atom is -0.497 e. The molecule has 0 saturated carbocycles. The van der Waals surface area contributed by atoms with Gasteiger partial charge in [0.05, 0.1) is 17.9 Å². The molecule has 0 aliphatic heterocycles. The molecule has 0 aromatic heterocycles. The number of ether oxygens (including phenoxy) is 1. The Morgan fingerprint density at radius 1 is 1.20 bits per heavy atom. The molecule has 0 bridgehead atoms. The summed E-state index contributed by atoms with van der Waals surface area (Å²) in [5.41, 5.74) is 8.23. The second-order valence-electron chi connectivity index (χ2n) is 4.71. The van der Waals surface area contributed by atoms with E-state index in [1.54, 1.807) is 7.11 Å². The summed E-state index contributed by atoms with van der Waals surface area (Å²) in [6.45, 7) is 2.01. The van der Waals surface area contributed by atoms with Crippen LogP contribution in [-0.4, -0.2) is 17.1 Å². The molecule has 0 spiro atoms. The maximum Gasteiger partial charge on any atom is 0.119 e. The maximum absolute atomic E-state index is 12.3. The number of hydrogen-bond donors (Lipinski definition) is 1. The Kier molecular flexibility index (Phi) is 4.93. The van der Waals surface area contributed by atoms with Gasteiger partial charge in [0.15, 0.2) is 0 Å². The molecule has 106 valence electrons. The molecule has 2 aromatic carbocycles. The van der Waals surface area contributed by atoms with Gasteiger partial charge in [-0.2, -0.15) is 0 Å². The van der Waals surface area contributed by atoms with Crippen molar-refractivity contribution in [3.8, 4) is 5.75 Å². The summed E-state index contributed by atoms with van der Waals surface area (Å²) in [6.07, 6.45) is 0. The molecule has 4 heteroatoms. The monoisotopic (exact) mass is 289 g/mol. The summed E-state index contributed by atoms with van der Waals surface area (Å²) in [7, 11) is 0.523. The molecule has 0 amide bonds. The van der Waals surface area contributed by atoms with Crippen molar-refractivity contribution >= 4 is 10.8 Å². The van der Waals surface area contributed by atoms with Gasteiger partial charge in [0.25, 0.3) is 0 Å². The molecule has 2 unspecified atom stereocenters. The molecule has 0 heterocycles. The van der Waals surface area contributed by atoms with E-state index in [0.717, 1.165) is 21.8 Å². The highest BCUT2D eigenvalue weighted by molar-refractivity contribution is 7.85. The van der Waals surface area contributed by atoms with E-state index >= 15 is 0 Å². The third-order valence-corrected chi connectivity index (χ3v) is 4.60. The molecule has 3 nitrogen and oxygen atoms in total. The highest BCUT2D eigenvalue weighted by atomic mass is 32.2. The topological polar surface area (TPSA) is 52.3 Å². The number of methoxy groups -OCH3 is 1. The van der Waals surface area contributed by atoms with E-state index in [9.17, 15) is 4.21 Å². The fourth-order valence-electron chi connectivity index (χ4n) is 1.92. The molecule has 2 aromatic rings. The van der Waals surface area contributed by atoms with Crippen molar-refractivity contribution in [1.82, 2.24) is 0 Å². The van der Waals surface area contributed by atoms with Crippen LogP contribution in [0.5, 0.6) is 5.75 Å². The third-order valence-electron chi connectivity index (χ3n) is 3.14. The van der Waals surface area contributed by atoms with Gasteiger partial charge in [0.1, 0.15) is 5.75 Å². The second kappa shape index (κ2) is 6.68. The van der Waals surface area contributed by atoms with Gasteiger partial charge in [-0.05, 0) is 36.8 Å². The molecule has 20 heavy (non-hydrogen) atoms. The van der Waals surface area contributed by atoms with Crippen LogP contribution in [0.25, 0.3) is 0 Å².